The Balaban J connectivity index is 1.80. The highest BCUT2D eigenvalue weighted by molar-refractivity contribution is 7.89. The fourth-order valence-electron chi connectivity index (χ4n) is 3.08. The van der Waals surface area contributed by atoms with E-state index in [4.69, 9.17) is 23.2 Å². The van der Waals surface area contributed by atoms with Crippen LogP contribution in [0, 0.1) is 5.82 Å². The van der Waals surface area contributed by atoms with E-state index in [9.17, 15) is 27.5 Å². The molecule has 1 fully saturated rings. The summed E-state index contributed by atoms with van der Waals surface area (Å²) in [5.74, 6) is -2.95. The molecule has 1 amide bonds. The van der Waals surface area contributed by atoms with Crippen molar-refractivity contribution in [2.24, 2.45) is 0 Å². The van der Waals surface area contributed by atoms with Crippen LogP contribution in [0.4, 0.5) is 10.1 Å². The molecule has 0 bridgehead atoms. The Morgan fingerprint density at radius 3 is 2.48 bits per heavy atom. The average Bonchev–Trinajstić information content (AvgIpc) is 3.38. The van der Waals surface area contributed by atoms with E-state index >= 15 is 0 Å². The van der Waals surface area contributed by atoms with Gasteiger partial charge in [0.1, 0.15) is 16.8 Å². The first kappa shape index (κ1) is 23.7. The Kier molecular flexibility index (Phi) is 7.43. The standard InChI is InChI=1S/C18H18Cl2FN3O5S2/c19-15-4-3-13(30-15)17(25)22-9-11(18(26)27)23-31(28,29)14-8-10(21)7-12(16(14)20)24-5-1-2-6-24/h3-4,7-8,11,23H,1-2,5-6,9H2,(H,22,25)(H,26,27). The van der Waals surface area contributed by atoms with E-state index in [0.717, 1.165) is 36.3 Å². The van der Waals surface area contributed by atoms with E-state index in [2.05, 4.69) is 5.32 Å². The van der Waals surface area contributed by atoms with Crippen LogP contribution in [0.2, 0.25) is 9.36 Å². The third-order valence-corrected chi connectivity index (χ3v) is 7.82. The molecule has 1 aromatic heterocycles. The molecule has 0 saturated carbocycles. The van der Waals surface area contributed by atoms with Gasteiger partial charge >= 0.3 is 5.97 Å². The second-order valence-corrected chi connectivity index (χ2v) is 10.5. The molecule has 0 spiro atoms. The van der Waals surface area contributed by atoms with Crippen LogP contribution < -0.4 is 14.9 Å². The Hall–Kier alpha value is -1.92. The predicted octanol–water partition coefficient (Wildman–Crippen LogP) is 2.96. The van der Waals surface area contributed by atoms with Crippen LogP contribution in [0.15, 0.2) is 29.2 Å². The summed E-state index contributed by atoms with van der Waals surface area (Å²) in [6.45, 7) is 0.661. The number of carboxylic acid groups (broad SMARTS) is 1. The summed E-state index contributed by atoms with van der Waals surface area (Å²) in [7, 11) is -4.52. The minimum atomic E-state index is -4.52. The maximum Gasteiger partial charge on any atom is 0.323 e. The van der Waals surface area contributed by atoms with Gasteiger partial charge < -0.3 is 15.3 Å². The van der Waals surface area contributed by atoms with Gasteiger partial charge in [-0.25, -0.2) is 12.8 Å². The van der Waals surface area contributed by atoms with E-state index in [1.54, 1.807) is 4.90 Å². The van der Waals surface area contributed by atoms with Gasteiger partial charge in [0.2, 0.25) is 10.0 Å². The van der Waals surface area contributed by atoms with Crippen molar-refractivity contribution in [3.8, 4) is 0 Å². The molecule has 0 aliphatic carbocycles. The number of anilines is 1. The fourth-order valence-corrected chi connectivity index (χ4v) is 5.87. The van der Waals surface area contributed by atoms with Gasteiger partial charge in [-0.05, 0) is 37.1 Å². The number of hydrogen-bond donors (Lipinski definition) is 3. The van der Waals surface area contributed by atoms with Crippen LogP contribution in [-0.2, 0) is 14.8 Å². The second kappa shape index (κ2) is 9.70. The zero-order chi connectivity index (χ0) is 22.8. The molecule has 1 atom stereocenters. The summed E-state index contributed by atoms with van der Waals surface area (Å²) in [4.78, 5) is 25.1. The summed E-state index contributed by atoms with van der Waals surface area (Å²) in [6.07, 6.45) is 1.73. The predicted molar refractivity (Wildman–Crippen MR) is 116 cm³/mol. The maximum absolute atomic E-state index is 14.2. The van der Waals surface area contributed by atoms with Gasteiger partial charge in [-0.3, -0.25) is 9.59 Å². The molecular weight excluding hydrogens is 492 g/mol. The third kappa shape index (κ3) is 5.66. The SMILES string of the molecule is O=C(NCC(NS(=O)(=O)c1cc(F)cc(N2CCCC2)c1Cl)C(=O)O)c1ccc(Cl)s1. The molecule has 1 saturated heterocycles. The molecule has 0 radical (unpaired) electrons. The number of benzene rings is 1. The van der Waals surface area contributed by atoms with Crippen molar-refractivity contribution in [1.29, 1.82) is 0 Å². The van der Waals surface area contributed by atoms with Crippen LogP contribution in [0.1, 0.15) is 22.5 Å². The molecule has 1 unspecified atom stereocenters. The highest BCUT2D eigenvalue weighted by Gasteiger charge is 2.30. The number of nitrogens with zero attached hydrogens (tertiary/aromatic N) is 1. The number of rotatable bonds is 8. The number of hydrogen-bond acceptors (Lipinski definition) is 6. The minimum absolute atomic E-state index is 0.197. The number of carbonyl (C=O) groups is 2. The van der Waals surface area contributed by atoms with Gasteiger partial charge in [0.15, 0.2) is 0 Å². The molecule has 3 N–H and O–H groups in total. The Bertz CT molecular complexity index is 1100. The number of sulfonamides is 1. The average molecular weight is 510 g/mol. The first-order valence-corrected chi connectivity index (χ1v) is 12.2. The van der Waals surface area contributed by atoms with E-state index in [1.807, 2.05) is 4.72 Å². The van der Waals surface area contributed by atoms with Crippen molar-refractivity contribution in [1.82, 2.24) is 10.0 Å². The highest BCUT2D eigenvalue weighted by Crippen LogP contribution is 2.35. The van der Waals surface area contributed by atoms with E-state index in [1.165, 1.54) is 12.1 Å². The molecule has 13 heteroatoms. The van der Waals surface area contributed by atoms with E-state index in [-0.39, 0.29) is 15.6 Å². The molecule has 2 aromatic rings. The van der Waals surface area contributed by atoms with Gasteiger partial charge in [0.05, 0.1) is 19.9 Å². The molecule has 8 nitrogen and oxygen atoms in total. The first-order chi connectivity index (χ1) is 14.6. The van der Waals surface area contributed by atoms with Crippen LogP contribution in [0.3, 0.4) is 0 Å². The molecule has 31 heavy (non-hydrogen) atoms. The summed E-state index contributed by atoms with van der Waals surface area (Å²) in [6, 6.07) is 3.12. The van der Waals surface area contributed by atoms with Crippen LogP contribution in [0.5, 0.6) is 0 Å². The van der Waals surface area contributed by atoms with Crippen molar-refractivity contribution in [3.63, 3.8) is 0 Å². The molecule has 1 aliphatic rings. The quantitative estimate of drug-likeness (QED) is 0.503. The minimum Gasteiger partial charge on any atom is -0.480 e. The van der Waals surface area contributed by atoms with Crippen molar-refractivity contribution in [2.45, 2.75) is 23.8 Å². The summed E-state index contributed by atoms with van der Waals surface area (Å²) >= 11 is 13.0. The molecule has 168 valence electrons. The van der Waals surface area contributed by atoms with Crippen molar-refractivity contribution in [3.05, 3.63) is 44.3 Å². The van der Waals surface area contributed by atoms with Gasteiger partial charge in [0, 0.05) is 19.6 Å². The smallest absolute Gasteiger partial charge is 0.323 e. The monoisotopic (exact) mass is 509 g/mol. The van der Waals surface area contributed by atoms with Crippen molar-refractivity contribution >= 4 is 62.1 Å². The maximum atomic E-state index is 14.2. The lowest BCUT2D eigenvalue weighted by atomic mass is 10.3. The lowest BCUT2D eigenvalue weighted by Crippen LogP contribution is -2.48. The van der Waals surface area contributed by atoms with Gasteiger partial charge in [-0.15, -0.1) is 11.3 Å². The van der Waals surface area contributed by atoms with E-state index in [0.29, 0.717) is 17.4 Å². The molecule has 3 rings (SSSR count). The third-order valence-electron chi connectivity index (χ3n) is 4.58. The highest BCUT2D eigenvalue weighted by atomic mass is 35.5. The van der Waals surface area contributed by atoms with Gasteiger partial charge in [-0.2, -0.15) is 4.72 Å². The van der Waals surface area contributed by atoms with Gasteiger partial charge in [0.25, 0.3) is 5.91 Å². The lowest BCUT2D eigenvalue weighted by Gasteiger charge is -2.22. The number of nitrogens with one attached hydrogen (secondary N) is 2. The van der Waals surface area contributed by atoms with Gasteiger partial charge in [-0.1, -0.05) is 23.2 Å². The summed E-state index contributed by atoms with van der Waals surface area (Å²) < 4.78 is 42.2. The van der Waals surface area contributed by atoms with Crippen LogP contribution in [-0.4, -0.2) is 51.1 Å². The number of carboxylic acids is 1. The van der Waals surface area contributed by atoms with Crippen molar-refractivity contribution < 1.29 is 27.5 Å². The number of amides is 1. The van der Waals surface area contributed by atoms with Crippen LogP contribution in [0.25, 0.3) is 0 Å². The normalized spacial score (nSPS) is 15.1. The topological polar surface area (TPSA) is 116 Å². The Labute approximate surface area is 192 Å². The van der Waals surface area contributed by atoms with Crippen LogP contribution >= 0.6 is 34.5 Å². The first-order valence-electron chi connectivity index (χ1n) is 9.11. The number of aliphatic carboxylic acids is 1. The lowest BCUT2D eigenvalue weighted by molar-refractivity contribution is -0.138. The molecule has 1 aromatic carbocycles. The zero-order valence-electron chi connectivity index (χ0n) is 15.9. The summed E-state index contributed by atoms with van der Waals surface area (Å²) in [5, 5.41) is 11.6. The Morgan fingerprint density at radius 2 is 1.90 bits per heavy atom. The number of thiophene rings is 1. The number of halogens is 3. The summed E-state index contributed by atoms with van der Waals surface area (Å²) in [5.41, 5.74) is 0.231. The zero-order valence-corrected chi connectivity index (χ0v) is 19.0. The van der Waals surface area contributed by atoms with E-state index < -0.39 is 45.2 Å². The molecule has 1 aliphatic heterocycles. The molecule has 2 heterocycles. The largest absolute Gasteiger partial charge is 0.480 e. The Morgan fingerprint density at radius 1 is 1.23 bits per heavy atom. The van der Waals surface area contributed by atoms with Crippen molar-refractivity contribution in [2.75, 3.05) is 24.5 Å². The number of carbonyl (C=O) groups excluding carboxylic acids is 1. The second-order valence-electron chi connectivity index (χ2n) is 6.76. The fraction of sp³-hybridized carbons (Fsp3) is 0.333. The molecular formula is C18H18Cl2FN3O5S2.